The van der Waals surface area contributed by atoms with Crippen LogP contribution in [-0.2, 0) is 0 Å². The number of benzene rings is 2. The van der Waals surface area contributed by atoms with Crippen molar-refractivity contribution >= 4 is 22.8 Å². The van der Waals surface area contributed by atoms with Crippen LogP contribution in [0, 0.1) is 0 Å². The Bertz CT molecular complexity index is 1180. The number of nitrogens with zero attached hydrogens (tertiary/aromatic N) is 3. The van der Waals surface area contributed by atoms with Gasteiger partial charge in [-0.2, -0.15) is 13.2 Å². The molecule has 0 spiro atoms. The van der Waals surface area contributed by atoms with Crippen molar-refractivity contribution < 1.29 is 27.4 Å². The highest BCUT2D eigenvalue weighted by atomic mass is 19.4. The Labute approximate surface area is 167 Å². The zero-order valence-electron chi connectivity index (χ0n) is 15.1. The summed E-state index contributed by atoms with van der Waals surface area (Å²) >= 11 is 0. The zero-order valence-corrected chi connectivity index (χ0v) is 15.1. The second kappa shape index (κ2) is 7.74. The van der Waals surface area contributed by atoms with Gasteiger partial charge in [-0.1, -0.05) is 18.2 Å². The third kappa shape index (κ3) is 4.32. The van der Waals surface area contributed by atoms with Gasteiger partial charge in [0, 0.05) is 11.9 Å². The molecule has 2 aromatic carbocycles. The number of fused-ring (bicyclic) bond motifs is 1. The number of halogens is 3. The molecule has 0 saturated carbocycles. The van der Waals surface area contributed by atoms with E-state index in [1.165, 1.54) is 46.7 Å². The van der Waals surface area contributed by atoms with Gasteiger partial charge in [0.2, 0.25) is 5.88 Å². The molecule has 0 amide bonds. The van der Waals surface area contributed by atoms with Gasteiger partial charge in [-0.15, -0.1) is 0 Å². The molecule has 7 nitrogen and oxygen atoms in total. The molecule has 0 saturated heterocycles. The van der Waals surface area contributed by atoms with Crippen LogP contribution in [0.3, 0.4) is 0 Å². The molecule has 10 heteroatoms. The third-order valence-corrected chi connectivity index (χ3v) is 3.94. The number of carbonyl (C=O) groups excluding carboxylic acids is 1. The van der Waals surface area contributed by atoms with Crippen LogP contribution in [0.15, 0.2) is 73.2 Å². The molecule has 1 N–H and O–H groups in total. The van der Waals surface area contributed by atoms with Crippen molar-refractivity contribution in [3.05, 3.63) is 73.2 Å². The number of para-hydroxylation sites is 1. The lowest BCUT2D eigenvalue weighted by molar-refractivity contribution is -0.0999. The standard InChI is InChI=1S/C20H13F3N4O3/c21-20(22,23)26-13-6-8-15(9-7-13)29-18-16-10-11-27(17(16)24-12-25-18)19(28)30-14-4-2-1-3-5-14/h1-12,26H. The van der Waals surface area contributed by atoms with Gasteiger partial charge in [0.15, 0.2) is 5.65 Å². The fraction of sp³-hybridized carbons (Fsp3) is 0.0500. The molecular weight excluding hydrogens is 401 g/mol. The van der Waals surface area contributed by atoms with E-state index >= 15 is 0 Å². The van der Waals surface area contributed by atoms with Gasteiger partial charge in [0.1, 0.15) is 17.8 Å². The predicted molar refractivity (Wildman–Crippen MR) is 102 cm³/mol. The summed E-state index contributed by atoms with van der Waals surface area (Å²) in [6, 6.07) is 15.3. The molecular formula is C20H13F3N4O3. The van der Waals surface area contributed by atoms with E-state index < -0.39 is 12.4 Å². The molecule has 4 rings (SSSR count). The van der Waals surface area contributed by atoms with Gasteiger partial charge in [0.05, 0.1) is 5.39 Å². The molecule has 2 heterocycles. The number of rotatable bonds is 4. The van der Waals surface area contributed by atoms with Crippen molar-refractivity contribution in [2.75, 3.05) is 5.32 Å². The fourth-order valence-electron chi connectivity index (χ4n) is 2.68. The lowest BCUT2D eigenvalue weighted by Gasteiger charge is -2.11. The van der Waals surface area contributed by atoms with E-state index in [2.05, 4.69) is 9.97 Å². The number of anilines is 1. The Balaban J connectivity index is 1.55. The molecule has 0 bridgehead atoms. The summed E-state index contributed by atoms with van der Waals surface area (Å²) in [7, 11) is 0. The molecule has 2 aromatic heterocycles. The van der Waals surface area contributed by atoms with E-state index in [9.17, 15) is 18.0 Å². The molecule has 30 heavy (non-hydrogen) atoms. The smallest absolute Gasteiger partial charge is 0.438 e. The van der Waals surface area contributed by atoms with Crippen LogP contribution in [0.1, 0.15) is 0 Å². The largest absolute Gasteiger partial charge is 0.482 e. The first-order valence-electron chi connectivity index (χ1n) is 8.61. The summed E-state index contributed by atoms with van der Waals surface area (Å²) in [6.45, 7) is 0. The summed E-state index contributed by atoms with van der Waals surface area (Å²) in [5.74, 6) is 0.785. The highest BCUT2D eigenvalue weighted by molar-refractivity contribution is 5.90. The number of nitrogens with one attached hydrogen (secondary N) is 1. The molecule has 0 unspecified atom stereocenters. The quantitative estimate of drug-likeness (QED) is 0.463. The zero-order chi connectivity index (χ0) is 21.1. The van der Waals surface area contributed by atoms with Gasteiger partial charge in [-0.3, -0.25) is 5.32 Å². The van der Waals surface area contributed by atoms with E-state index in [0.29, 0.717) is 11.1 Å². The lowest BCUT2D eigenvalue weighted by atomic mass is 10.3. The molecule has 0 aliphatic heterocycles. The first kappa shape index (κ1) is 19.2. The second-order valence-electron chi connectivity index (χ2n) is 6.03. The number of hydrogen-bond donors (Lipinski definition) is 1. The van der Waals surface area contributed by atoms with Crippen molar-refractivity contribution in [1.82, 2.24) is 14.5 Å². The lowest BCUT2D eigenvalue weighted by Crippen LogP contribution is -2.20. The average molecular weight is 414 g/mol. The van der Waals surface area contributed by atoms with Crippen molar-refractivity contribution in [3.8, 4) is 17.4 Å². The van der Waals surface area contributed by atoms with Gasteiger partial charge in [-0.25, -0.2) is 19.3 Å². The van der Waals surface area contributed by atoms with Crippen molar-refractivity contribution in [1.29, 1.82) is 0 Å². The number of aromatic nitrogens is 3. The molecule has 0 aliphatic carbocycles. The Hall–Kier alpha value is -4.08. The minimum atomic E-state index is -4.53. The number of hydrogen-bond acceptors (Lipinski definition) is 6. The van der Waals surface area contributed by atoms with Gasteiger partial charge >= 0.3 is 12.4 Å². The SMILES string of the molecule is O=C(Oc1ccccc1)n1ccc2c(Oc3ccc(NC(F)(F)F)cc3)ncnc21. The number of alkyl halides is 3. The minimum absolute atomic E-state index is 0.127. The summed E-state index contributed by atoms with van der Waals surface area (Å²) in [6.07, 6.45) is -2.51. The normalized spacial score (nSPS) is 11.3. The van der Waals surface area contributed by atoms with Crippen LogP contribution in [0.25, 0.3) is 11.0 Å². The van der Waals surface area contributed by atoms with Crippen molar-refractivity contribution in [2.45, 2.75) is 6.30 Å². The van der Waals surface area contributed by atoms with Crippen LogP contribution < -0.4 is 14.8 Å². The van der Waals surface area contributed by atoms with Crippen LogP contribution in [-0.4, -0.2) is 26.9 Å². The molecule has 152 valence electrons. The first-order valence-corrected chi connectivity index (χ1v) is 8.61. The monoisotopic (exact) mass is 414 g/mol. The number of ether oxygens (including phenoxy) is 2. The molecule has 0 aliphatic rings. The highest BCUT2D eigenvalue weighted by Crippen LogP contribution is 2.29. The van der Waals surface area contributed by atoms with E-state index in [-0.39, 0.29) is 23.0 Å². The summed E-state index contributed by atoms with van der Waals surface area (Å²) in [5.41, 5.74) is 0.133. The number of carbonyl (C=O) groups is 1. The summed E-state index contributed by atoms with van der Waals surface area (Å²) in [5, 5.41) is 1.83. The predicted octanol–water partition coefficient (Wildman–Crippen LogP) is 5.20. The molecule has 0 fully saturated rings. The molecule has 0 radical (unpaired) electrons. The Morgan fingerprint density at radius 1 is 0.933 bits per heavy atom. The maximum atomic E-state index is 12.5. The van der Waals surface area contributed by atoms with E-state index in [1.54, 1.807) is 36.4 Å². The maximum Gasteiger partial charge on any atom is 0.482 e. The van der Waals surface area contributed by atoms with E-state index in [1.807, 2.05) is 0 Å². The van der Waals surface area contributed by atoms with Gasteiger partial charge in [-0.05, 0) is 42.5 Å². The Morgan fingerprint density at radius 2 is 1.67 bits per heavy atom. The molecule has 4 aromatic rings. The van der Waals surface area contributed by atoms with Gasteiger partial charge in [0.25, 0.3) is 0 Å². The highest BCUT2D eigenvalue weighted by Gasteiger charge is 2.26. The van der Waals surface area contributed by atoms with Crippen molar-refractivity contribution in [3.63, 3.8) is 0 Å². The minimum Gasteiger partial charge on any atom is -0.438 e. The maximum absolute atomic E-state index is 12.5. The van der Waals surface area contributed by atoms with E-state index in [0.717, 1.165) is 0 Å². The third-order valence-electron chi connectivity index (χ3n) is 3.94. The first-order chi connectivity index (χ1) is 14.4. The topological polar surface area (TPSA) is 78.3 Å². The summed E-state index contributed by atoms with van der Waals surface area (Å²) < 4.78 is 49.3. The van der Waals surface area contributed by atoms with E-state index in [4.69, 9.17) is 9.47 Å². The Morgan fingerprint density at radius 3 is 2.37 bits per heavy atom. The Kier molecular flexibility index (Phi) is 4.97. The average Bonchev–Trinajstić information content (AvgIpc) is 3.14. The van der Waals surface area contributed by atoms with Crippen LogP contribution >= 0.6 is 0 Å². The van der Waals surface area contributed by atoms with Crippen molar-refractivity contribution in [2.24, 2.45) is 0 Å². The van der Waals surface area contributed by atoms with Crippen LogP contribution in [0.4, 0.5) is 23.7 Å². The fourth-order valence-corrected chi connectivity index (χ4v) is 2.68. The second-order valence-corrected chi connectivity index (χ2v) is 6.03. The van der Waals surface area contributed by atoms with Crippen LogP contribution in [0.2, 0.25) is 0 Å². The molecule has 0 atom stereocenters. The van der Waals surface area contributed by atoms with Gasteiger partial charge < -0.3 is 9.47 Å². The van der Waals surface area contributed by atoms with Crippen LogP contribution in [0.5, 0.6) is 17.4 Å². The summed E-state index contributed by atoms with van der Waals surface area (Å²) in [4.78, 5) is 20.6.